The molecule has 0 aromatic heterocycles. The molecule has 0 fully saturated rings. The van der Waals surface area contributed by atoms with E-state index in [1.807, 2.05) is 27.7 Å². The second-order valence-corrected chi connectivity index (χ2v) is 3.59. The average Bonchev–Trinajstić information content (AvgIpc) is 1.84. The van der Waals surface area contributed by atoms with Gasteiger partial charge in [0.25, 0.3) is 0 Å². The molecule has 0 aromatic rings. The maximum Gasteiger partial charge on any atom is 0.158 e. The summed E-state index contributed by atoms with van der Waals surface area (Å²) in [7, 11) is 0. The Morgan fingerprint density at radius 1 is 0.923 bits per heavy atom. The summed E-state index contributed by atoms with van der Waals surface area (Å²) in [6.07, 6.45) is 2.57. The van der Waals surface area contributed by atoms with E-state index in [9.17, 15) is 0 Å². The third kappa shape index (κ3) is 9.84. The molecule has 0 rings (SSSR count). The molecule has 0 spiro atoms. The average molecular weight is 190 g/mol. The summed E-state index contributed by atoms with van der Waals surface area (Å²) in [5.41, 5.74) is 0. The Bertz CT molecular complexity index is 90.3. The van der Waals surface area contributed by atoms with Crippen LogP contribution in [0.5, 0.6) is 0 Å². The van der Waals surface area contributed by atoms with Crippen molar-refractivity contribution in [1.29, 1.82) is 0 Å². The summed E-state index contributed by atoms with van der Waals surface area (Å²) < 4.78 is 11.2. The molecule has 0 radical (unpaired) electrons. The first-order valence-electron chi connectivity index (χ1n) is 4.87. The highest BCUT2D eigenvalue weighted by Gasteiger charge is 2.11. The monoisotopic (exact) mass is 190 g/mol. The van der Waals surface area contributed by atoms with Gasteiger partial charge in [-0.05, 0) is 34.1 Å². The Labute approximate surface area is 83.6 Å². The molecule has 0 unspecified atom stereocenters. The van der Waals surface area contributed by atoms with Crippen LogP contribution in [0, 0.1) is 0 Å². The zero-order chi connectivity index (χ0) is 9.56. The van der Waals surface area contributed by atoms with Crippen LogP contribution in [0.3, 0.4) is 0 Å². The van der Waals surface area contributed by atoms with Crippen molar-refractivity contribution in [2.45, 2.75) is 73.4 Å². The highest BCUT2D eigenvalue weighted by atomic mass is 16.7. The van der Waals surface area contributed by atoms with Gasteiger partial charge in [-0.15, -0.1) is 0 Å². The minimum Gasteiger partial charge on any atom is -0.350 e. The van der Waals surface area contributed by atoms with Crippen molar-refractivity contribution in [3.05, 3.63) is 0 Å². The molecule has 0 aliphatic heterocycles. The lowest BCUT2D eigenvalue weighted by Crippen LogP contribution is -2.24. The Balaban J connectivity index is 0. The van der Waals surface area contributed by atoms with Crippen LogP contribution in [0.4, 0.5) is 0 Å². The van der Waals surface area contributed by atoms with Crippen LogP contribution in [-0.2, 0) is 9.47 Å². The fraction of sp³-hybridized carbons (Fsp3) is 1.00. The van der Waals surface area contributed by atoms with Crippen LogP contribution in [0.1, 0.15) is 54.9 Å². The van der Waals surface area contributed by atoms with Gasteiger partial charge in [0.1, 0.15) is 0 Å². The number of hydrogen-bond donors (Lipinski definition) is 0. The highest BCUT2D eigenvalue weighted by Crippen LogP contribution is 2.09. The SMILES string of the molecule is C.CCCC(OC(C)C)OC(C)C. The van der Waals surface area contributed by atoms with E-state index in [4.69, 9.17) is 9.47 Å². The smallest absolute Gasteiger partial charge is 0.158 e. The molecule has 0 atom stereocenters. The molecule has 0 heterocycles. The fourth-order valence-electron chi connectivity index (χ4n) is 1.01. The van der Waals surface area contributed by atoms with Crippen molar-refractivity contribution in [3.8, 4) is 0 Å². The molecule has 0 aliphatic rings. The second-order valence-electron chi connectivity index (χ2n) is 3.59. The molecule has 0 aliphatic carbocycles. The minimum absolute atomic E-state index is 0. The molecule has 0 bridgehead atoms. The van der Waals surface area contributed by atoms with Gasteiger partial charge in [0.15, 0.2) is 6.29 Å². The summed E-state index contributed by atoms with van der Waals surface area (Å²) >= 11 is 0. The number of rotatable bonds is 6. The van der Waals surface area contributed by atoms with E-state index >= 15 is 0 Å². The fourth-order valence-corrected chi connectivity index (χ4v) is 1.01. The topological polar surface area (TPSA) is 18.5 Å². The quantitative estimate of drug-likeness (QED) is 0.596. The van der Waals surface area contributed by atoms with E-state index in [1.165, 1.54) is 0 Å². The third-order valence-corrected chi connectivity index (χ3v) is 1.37. The molecule has 0 amide bonds. The molecule has 2 nitrogen and oxygen atoms in total. The van der Waals surface area contributed by atoms with Crippen molar-refractivity contribution in [1.82, 2.24) is 0 Å². The van der Waals surface area contributed by atoms with Gasteiger partial charge in [-0.25, -0.2) is 0 Å². The van der Waals surface area contributed by atoms with Crippen LogP contribution in [-0.4, -0.2) is 18.5 Å². The van der Waals surface area contributed by atoms with Crippen molar-refractivity contribution in [2.24, 2.45) is 0 Å². The third-order valence-electron chi connectivity index (χ3n) is 1.37. The molecule has 2 heteroatoms. The van der Waals surface area contributed by atoms with Crippen LogP contribution in [0.2, 0.25) is 0 Å². The van der Waals surface area contributed by atoms with E-state index in [1.54, 1.807) is 0 Å². The van der Waals surface area contributed by atoms with Crippen molar-refractivity contribution in [3.63, 3.8) is 0 Å². The summed E-state index contributed by atoms with van der Waals surface area (Å²) in [6, 6.07) is 0. The van der Waals surface area contributed by atoms with Crippen molar-refractivity contribution >= 4 is 0 Å². The molecule has 0 N–H and O–H groups in total. The number of ether oxygens (including phenoxy) is 2. The highest BCUT2D eigenvalue weighted by molar-refractivity contribution is 4.49. The first kappa shape index (κ1) is 15.4. The van der Waals surface area contributed by atoms with Gasteiger partial charge >= 0.3 is 0 Å². The normalized spacial score (nSPS) is 11.1. The lowest BCUT2D eigenvalue weighted by molar-refractivity contribution is -0.183. The summed E-state index contributed by atoms with van der Waals surface area (Å²) in [6.45, 7) is 10.3. The standard InChI is InChI=1S/C10H22O2.CH4/c1-6-7-10(11-8(2)3)12-9(4)5;/h8-10H,6-7H2,1-5H3;1H4. The molecular weight excluding hydrogens is 164 g/mol. The summed E-state index contributed by atoms with van der Waals surface area (Å²) in [4.78, 5) is 0. The van der Waals surface area contributed by atoms with Gasteiger partial charge in [-0.1, -0.05) is 20.8 Å². The largest absolute Gasteiger partial charge is 0.350 e. The summed E-state index contributed by atoms with van der Waals surface area (Å²) in [5, 5.41) is 0. The van der Waals surface area contributed by atoms with Crippen molar-refractivity contribution < 1.29 is 9.47 Å². The van der Waals surface area contributed by atoms with Gasteiger partial charge in [-0.2, -0.15) is 0 Å². The molecule has 82 valence electrons. The maximum absolute atomic E-state index is 5.58. The van der Waals surface area contributed by atoms with Gasteiger partial charge in [0.05, 0.1) is 12.2 Å². The van der Waals surface area contributed by atoms with Gasteiger partial charge in [0, 0.05) is 0 Å². The zero-order valence-corrected chi connectivity index (χ0v) is 8.96. The Hall–Kier alpha value is -0.0800. The van der Waals surface area contributed by atoms with Crippen LogP contribution in [0.25, 0.3) is 0 Å². The summed E-state index contributed by atoms with van der Waals surface area (Å²) in [5.74, 6) is 0. The molecule has 13 heavy (non-hydrogen) atoms. The first-order chi connectivity index (χ1) is 5.56. The predicted octanol–water partition coefficient (Wildman–Crippen LogP) is 3.60. The van der Waals surface area contributed by atoms with E-state index < -0.39 is 0 Å². The van der Waals surface area contributed by atoms with Crippen LogP contribution < -0.4 is 0 Å². The minimum atomic E-state index is -0.0185. The Morgan fingerprint density at radius 2 is 1.31 bits per heavy atom. The van der Waals surface area contributed by atoms with E-state index in [-0.39, 0.29) is 25.9 Å². The predicted molar refractivity (Wildman–Crippen MR) is 57.9 cm³/mol. The lowest BCUT2D eigenvalue weighted by Gasteiger charge is -2.22. The lowest BCUT2D eigenvalue weighted by atomic mass is 10.3. The Morgan fingerprint density at radius 3 is 1.54 bits per heavy atom. The van der Waals surface area contributed by atoms with E-state index in [0.29, 0.717) is 0 Å². The van der Waals surface area contributed by atoms with Gasteiger partial charge < -0.3 is 9.47 Å². The Kier molecular flexibility index (Phi) is 10.1. The molecule has 0 aromatic carbocycles. The first-order valence-corrected chi connectivity index (χ1v) is 4.87. The number of hydrogen-bond acceptors (Lipinski definition) is 2. The van der Waals surface area contributed by atoms with Crippen molar-refractivity contribution in [2.75, 3.05) is 0 Å². The van der Waals surface area contributed by atoms with Crippen LogP contribution in [0.15, 0.2) is 0 Å². The second kappa shape index (κ2) is 8.52. The van der Waals surface area contributed by atoms with E-state index in [2.05, 4.69) is 6.92 Å². The van der Waals surface area contributed by atoms with Crippen LogP contribution >= 0.6 is 0 Å². The van der Waals surface area contributed by atoms with Gasteiger partial charge in [-0.3, -0.25) is 0 Å². The van der Waals surface area contributed by atoms with E-state index in [0.717, 1.165) is 12.8 Å². The molecule has 0 saturated carbocycles. The molecular formula is C11H26O2. The van der Waals surface area contributed by atoms with Gasteiger partial charge in [0.2, 0.25) is 0 Å². The molecule has 0 saturated heterocycles. The zero-order valence-electron chi connectivity index (χ0n) is 8.96. The maximum atomic E-state index is 5.58.